The molecule has 5 aliphatic rings. The topological polar surface area (TPSA) is 302 Å². The first kappa shape index (κ1) is 153. The van der Waals surface area contributed by atoms with Crippen molar-refractivity contribution in [2.24, 2.45) is 0 Å². The SMILES string of the molecule is C=CC(=O)OCCCCOC(=O)C(C(=O)OCCCCOC(=O)C=C)=C1Sc2[c-]cc(C(C)(C)C)[c-]c2S1.[C-]#[N+]/C(C#N)=C1\Sc2[c-]cc(C(=O)OCC)[c-]c2S1.[C-]#[N+]/C(C#N)=C1\Sc2[c-]cc(C(C)(C)C)[c-]c2S1.[C-]#[N+]/C(C(=O)OCCCCOC(=O)C=C)=C1\Sc2[c-]cc(C(C)(C)C)[c-]c2S1.[C-]#[N+]/C(C(=O)OCCOC(=O)C=C)=C1\Sc2[c-]cc(C(C)(C)C)[c-]c2S1.[K+].[K+].[K+].[K+].[K+].[K+].[K+].[K+].[K+].[K+]. The molecule has 5 aromatic rings. The van der Waals surface area contributed by atoms with Crippen LogP contribution in [0.1, 0.15) is 161 Å². The average molecular weight is 2310 g/mol. The summed E-state index contributed by atoms with van der Waals surface area (Å²) in [4.78, 5) is 128. The van der Waals surface area contributed by atoms with Gasteiger partial charge in [0.05, 0.1) is 84.7 Å². The third-order valence-electron chi connectivity index (χ3n) is 16.4. The maximum Gasteiger partial charge on any atom is 1.00 e. The molecule has 0 aliphatic carbocycles. The zero-order chi connectivity index (χ0) is 95.3. The minimum atomic E-state index is -0.795. The first-order valence-corrected chi connectivity index (χ1v) is 47.1. The Balaban J connectivity index is -0.000000540. The van der Waals surface area contributed by atoms with Gasteiger partial charge >= 0.3 is 562 Å². The minimum absolute atomic E-state index is 0. The van der Waals surface area contributed by atoms with Crippen LogP contribution in [0.2, 0.25) is 0 Å². The smallest absolute Gasteiger partial charge is 0.514 e. The fourth-order valence-corrected chi connectivity index (χ4v) is 21.0. The van der Waals surface area contributed by atoms with E-state index in [9.17, 15) is 43.2 Å². The van der Waals surface area contributed by atoms with Crippen molar-refractivity contribution in [2.45, 2.75) is 199 Å². The van der Waals surface area contributed by atoms with Crippen molar-refractivity contribution in [3.63, 3.8) is 0 Å². The van der Waals surface area contributed by atoms with Crippen molar-refractivity contribution in [3.8, 4) is 12.1 Å². The molecule has 139 heavy (non-hydrogen) atoms. The molecule has 44 heteroatoms. The van der Waals surface area contributed by atoms with Gasteiger partial charge in [-0.1, -0.05) is 131 Å². The molecule has 0 amide bonds. The number of nitrogens with zero attached hydrogens (tertiary/aromatic N) is 6. The Kier molecular flexibility index (Phi) is 88.8. The second kappa shape index (κ2) is 80.5. The molecule has 0 atom stereocenters. The van der Waals surface area contributed by atoms with Crippen molar-refractivity contribution < 1.29 is 600 Å². The number of benzene rings is 5. The van der Waals surface area contributed by atoms with Gasteiger partial charge in [-0.2, -0.15) is 143 Å². The molecular weight excluding hydrogens is 2220 g/mol. The first-order valence-electron chi connectivity index (χ1n) is 39.0. The average Bonchev–Trinajstić information content (AvgIpc) is 1.66. The van der Waals surface area contributed by atoms with Crippen LogP contribution in [0.15, 0.2) is 179 Å². The van der Waals surface area contributed by atoms with Crippen LogP contribution < -0.4 is 514 Å². The molecule has 0 bridgehead atoms. The van der Waals surface area contributed by atoms with Crippen LogP contribution in [0.3, 0.4) is 0 Å². The summed E-state index contributed by atoms with van der Waals surface area (Å²) < 4.78 is 48.1. The van der Waals surface area contributed by atoms with E-state index in [1.54, 1.807) is 6.92 Å². The van der Waals surface area contributed by atoms with E-state index in [1.165, 1.54) is 124 Å². The number of carbonyl (C=O) groups excluding carboxylic acids is 9. The Morgan fingerprint density at radius 2 is 0.554 bits per heavy atom. The summed E-state index contributed by atoms with van der Waals surface area (Å²) in [6.07, 6.45) is 7.21. The molecule has 0 radical (unpaired) electrons. The van der Waals surface area contributed by atoms with E-state index in [1.807, 2.05) is 36.4 Å². The third-order valence-corrected chi connectivity index (χ3v) is 28.5. The maximum atomic E-state index is 13.0. The molecule has 0 N–H and O–H groups in total. The van der Waals surface area contributed by atoms with Crippen LogP contribution in [0.5, 0.6) is 0 Å². The van der Waals surface area contributed by atoms with Gasteiger partial charge in [-0.25, -0.2) is 88.0 Å². The molecule has 0 saturated heterocycles. The quantitative estimate of drug-likeness (QED) is 0.00517. The summed E-state index contributed by atoms with van der Waals surface area (Å²) in [6.45, 7) is 69.6. The largest absolute Gasteiger partial charge is 1.00 e. The van der Waals surface area contributed by atoms with Crippen LogP contribution in [0.4, 0.5) is 0 Å². The Morgan fingerprint density at radius 1 is 0.324 bits per heavy atom. The number of thioether (sulfide) groups is 10. The van der Waals surface area contributed by atoms with Crippen LogP contribution in [0, 0.1) is 110 Å². The number of unbranched alkanes of at least 4 members (excludes halogenated alkanes) is 3. The second-order valence-corrected chi connectivity index (χ2v) is 41.7. The molecule has 0 fully saturated rings. The van der Waals surface area contributed by atoms with Crippen molar-refractivity contribution in [3.05, 3.63) is 265 Å². The predicted molar refractivity (Wildman–Crippen MR) is 499 cm³/mol. The number of hydrogen-bond donors (Lipinski definition) is 0. The first-order chi connectivity index (χ1) is 61.2. The zero-order valence-corrected chi connectivity index (χ0v) is 122. The van der Waals surface area contributed by atoms with Crippen molar-refractivity contribution in [1.82, 2.24) is 0 Å². The minimum Gasteiger partial charge on any atom is -0.514 e. The Labute approximate surface area is 1290 Å². The molecule has 24 nitrogen and oxygen atoms in total. The standard InChI is InChI=1S/C28H32O8S2.C21H21NO4S2.C19H17NO4S2.C14H10N2S2.C13H6N2O2S2.10K/c1-6-22(29)33-14-8-10-16-35-25(31)24(26(32)36-17-11-9-15-34-23(30)7-2)27-37-20-13-12-19(28(3,4)5)18-21(20)38-27;1-6-17(23)25-11-7-8-12-26-19(24)18(22-5)20-27-15-10-9-14(21(2,3)4)13-16(15)28-20;1-6-15(21)23-9-10-24-17(22)16(20-5)18-25-13-8-7-12(19(2,3)4)11-14(13)26-18;1-14(2,3)9-5-6-11-12(7-9)18-13(17-11)10(8-15)16-4;1-3-17-12(16)8-4-5-10-11(6-8)19-13(18-10)9(7-14)15-2;;;;;;;;;;/h6-7,12H,1-2,8-11,14-17H2,3-5H3;6,9H,1,7-8,11-12H2,2-4H3;6-7H,1,9-10H2,2-4H3;5H,1-3H3;4H,3H2,1H3;;;;;;;;;;/q5*-2;10*+1/b;20-18+;18-16+;13-10+;13-9+;;;;;;;;;;. The molecule has 0 unspecified atom stereocenters. The molecule has 0 aromatic heterocycles. The Hall–Kier alpha value is 5.79. The van der Waals surface area contributed by atoms with Gasteiger partial charge < -0.3 is 96.0 Å². The van der Waals surface area contributed by atoms with Crippen LogP contribution >= 0.6 is 118 Å². The van der Waals surface area contributed by atoms with Gasteiger partial charge in [0.15, 0.2) is 11.5 Å². The maximum absolute atomic E-state index is 13.0. The van der Waals surface area contributed by atoms with Gasteiger partial charge in [-0.3, -0.25) is 74.3 Å². The van der Waals surface area contributed by atoms with E-state index in [4.69, 9.17) is 79.4 Å². The molecule has 0 saturated carbocycles. The fourth-order valence-electron chi connectivity index (χ4n) is 9.54. The number of nitriles is 2. The van der Waals surface area contributed by atoms with Crippen molar-refractivity contribution in [1.29, 1.82) is 10.5 Å². The monoisotopic (exact) mass is 2310 g/mol. The van der Waals surface area contributed by atoms with Crippen molar-refractivity contribution in [2.75, 3.05) is 59.5 Å². The fraction of sp³-hybridized carbons (Fsp3) is 0.337. The van der Waals surface area contributed by atoms with E-state index in [-0.39, 0.29) is 617 Å². The van der Waals surface area contributed by atoms with Crippen molar-refractivity contribution >= 4 is 171 Å². The number of hydrogen-bond acceptors (Lipinski definition) is 30. The summed E-state index contributed by atoms with van der Waals surface area (Å²) >= 11 is 13.3. The normalized spacial score (nSPS) is 13.3. The van der Waals surface area contributed by atoms with E-state index in [0.717, 1.165) is 94.9 Å². The summed E-state index contributed by atoms with van der Waals surface area (Å²) in [5.74, 6) is -5.53. The molecule has 674 valence electrons. The van der Waals surface area contributed by atoms with E-state index >= 15 is 0 Å². The molecular formula is C95H86K10N6O18S10. The molecule has 5 heterocycles. The van der Waals surface area contributed by atoms with Gasteiger partial charge in [-0.05, 0) is 45.4 Å². The number of allylic oxidation sites excluding steroid dienone is 2. The van der Waals surface area contributed by atoms with Gasteiger partial charge in [0, 0.05) is 45.5 Å². The van der Waals surface area contributed by atoms with E-state index < -0.39 is 53.7 Å². The van der Waals surface area contributed by atoms with E-state index in [2.05, 4.69) is 189 Å². The number of fused-ring (bicyclic) bond motifs is 5. The Bertz CT molecular complexity index is 5560. The third kappa shape index (κ3) is 53.8. The molecule has 5 aliphatic heterocycles. The Morgan fingerprint density at radius 3 is 0.827 bits per heavy atom. The predicted octanol–water partition coefficient (Wildman–Crippen LogP) is -8.13. The van der Waals surface area contributed by atoms with Crippen LogP contribution in [-0.4, -0.2) is 113 Å². The summed E-state index contributed by atoms with van der Waals surface area (Å²) in [7, 11) is 0. The molecule has 10 rings (SSSR count). The van der Waals surface area contributed by atoms with Crippen LogP contribution in [0.25, 0.3) is 19.4 Å². The van der Waals surface area contributed by atoms with Gasteiger partial charge in [0.2, 0.25) is 0 Å². The number of ether oxygens (including phenoxy) is 9. The number of esters is 9. The second-order valence-electron chi connectivity index (χ2n) is 30.2. The van der Waals surface area contributed by atoms with Crippen LogP contribution in [-0.2, 0) is 103 Å². The van der Waals surface area contributed by atoms with Gasteiger partial charge in [0.1, 0.15) is 13.2 Å². The zero-order valence-electron chi connectivity index (χ0n) is 82.7. The summed E-state index contributed by atoms with van der Waals surface area (Å²) in [6, 6.07) is 45.1. The van der Waals surface area contributed by atoms with Gasteiger partial charge in [0.25, 0.3) is 22.8 Å². The number of rotatable bonds is 28. The number of carbonyl (C=O) groups is 9. The molecule has 0 spiro atoms. The summed E-state index contributed by atoms with van der Waals surface area (Å²) in [5, 5.41) is 17.7. The molecule has 5 aromatic carbocycles. The summed E-state index contributed by atoms with van der Waals surface area (Å²) in [5.41, 5.74) is 4.08. The van der Waals surface area contributed by atoms with Gasteiger partial charge in [-0.15, -0.1) is 0 Å². The van der Waals surface area contributed by atoms with E-state index in [0.29, 0.717) is 72.5 Å².